The van der Waals surface area contributed by atoms with Crippen LogP contribution in [0.3, 0.4) is 0 Å². The van der Waals surface area contributed by atoms with Gasteiger partial charge in [0.2, 0.25) is 0 Å². The number of benzene rings is 1. The van der Waals surface area contributed by atoms with Gasteiger partial charge in [0.1, 0.15) is 17.8 Å². The monoisotopic (exact) mass is 359 g/mol. The van der Waals surface area contributed by atoms with Crippen LogP contribution in [-0.2, 0) is 0 Å². The Bertz CT molecular complexity index is 744. The molecule has 1 aliphatic heterocycles. The zero-order valence-corrected chi connectivity index (χ0v) is 15.2. The molecule has 2 aromatic rings. The number of hydrogen-bond donors (Lipinski definition) is 1. The van der Waals surface area contributed by atoms with Gasteiger partial charge in [-0.05, 0) is 32.0 Å². The van der Waals surface area contributed by atoms with Crippen molar-refractivity contribution in [2.45, 2.75) is 19.9 Å². The fraction of sp³-hybridized carbons (Fsp3) is 0.389. The highest BCUT2D eigenvalue weighted by Crippen LogP contribution is 2.21. The van der Waals surface area contributed by atoms with E-state index < -0.39 is 0 Å². The summed E-state index contributed by atoms with van der Waals surface area (Å²) in [5.41, 5.74) is 1.51. The van der Waals surface area contributed by atoms with Crippen molar-refractivity contribution in [3.8, 4) is 0 Å². The second kappa shape index (κ2) is 7.70. The van der Waals surface area contributed by atoms with E-state index in [4.69, 9.17) is 11.6 Å². The average molecular weight is 360 g/mol. The number of carbonyl (C=O) groups excluding carboxylic acids is 1. The summed E-state index contributed by atoms with van der Waals surface area (Å²) in [7, 11) is 0. The van der Waals surface area contributed by atoms with E-state index in [1.807, 2.05) is 43.0 Å². The van der Waals surface area contributed by atoms with Crippen molar-refractivity contribution in [2.75, 3.05) is 36.4 Å². The van der Waals surface area contributed by atoms with Gasteiger partial charge in [0.15, 0.2) is 0 Å². The third kappa shape index (κ3) is 4.39. The first-order valence-corrected chi connectivity index (χ1v) is 8.79. The Balaban J connectivity index is 1.63. The minimum Gasteiger partial charge on any atom is -0.368 e. The summed E-state index contributed by atoms with van der Waals surface area (Å²) in [5, 5.41) is 3.92. The molecule has 0 atom stereocenters. The number of anilines is 2. The molecule has 1 N–H and O–H groups in total. The lowest BCUT2D eigenvalue weighted by Crippen LogP contribution is -2.49. The molecule has 0 unspecified atom stereocenters. The van der Waals surface area contributed by atoms with Gasteiger partial charge >= 0.3 is 0 Å². The van der Waals surface area contributed by atoms with Crippen molar-refractivity contribution in [2.24, 2.45) is 0 Å². The van der Waals surface area contributed by atoms with Gasteiger partial charge in [0.05, 0.1) is 0 Å². The predicted octanol–water partition coefficient (Wildman–Crippen LogP) is 2.91. The van der Waals surface area contributed by atoms with Crippen LogP contribution in [0.25, 0.3) is 0 Å². The van der Waals surface area contributed by atoms with Crippen LogP contribution in [0.15, 0.2) is 36.7 Å². The molecule has 1 amide bonds. The van der Waals surface area contributed by atoms with Crippen molar-refractivity contribution in [1.29, 1.82) is 0 Å². The summed E-state index contributed by atoms with van der Waals surface area (Å²) < 4.78 is 0. The molecule has 0 bridgehead atoms. The molecular formula is C18H22ClN5O. The van der Waals surface area contributed by atoms with E-state index in [0.717, 1.165) is 23.8 Å². The number of halogens is 1. The Morgan fingerprint density at radius 1 is 1.16 bits per heavy atom. The number of hydrogen-bond acceptors (Lipinski definition) is 5. The highest BCUT2D eigenvalue weighted by molar-refractivity contribution is 6.30. The standard InChI is InChI=1S/C18H22ClN5O/c1-13(2)22-17-11-16(20-12-21-17)18(25)24-8-6-23(7-9-24)15-5-3-4-14(19)10-15/h3-5,10-13H,6-9H2,1-2H3,(H,20,21,22). The molecule has 1 aliphatic rings. The SMILES string of the molecule is CC(C)Nc1cc(C(=O)N2CCN(c3cccc(Cl)c3)CC2)ncn1. The second-order valence-corrected chi connectivity index (χ2v) is 6.78. The second-order valence-electron chi connectivity index (χ2n) is 6.35. The molecule has 0 aliphatic carbocycles. The topological polar surface area (TPSA) is 61.4 Å². The van der Waals surface area contributed by atoms with Crippen LogP contribution in [0.2, 0.25) is 5.02 Å². The first-order valence-electron chi connectivity index (χ1n) is 8.41. The van der Waals surface area contributed by atoms with Crippen molar-refractivity contribution in [1.82, 2.24) is 14.9 Å². The van der Waals surface area contributed by atoms with Crippen molar-refractivity contribution in [3.63, 3.8) is 0 Å². The van der Waals surface area contributed by atoms with Crippen molar-refractivity contribution >= 4 is 29.0 Å². The van der Waals surface area contributed by atoms with E-state index in [1.54, 1.807) is 6.07 Å². The van der Waals surface area contributed by atoms with Gasteiger partial charge < -0.3 is 15.1 Å². The lowest BCUT2D eigenvalue weighted by atomic mass is 10.2. The van der Waals surface area contributed by atoms with Crippen molar-refractivity contribution in [3.05, 3.63) is 47.4 Å². The van der Waals surface area contributed by atoms with Gasteiger partial charge in [-0.1, -0.05) is 17.7 Å². The van der Waals surface area contributed by atoms with E-state index in [0.29, 0.717) is 24.6 Å². The molecule has 3 rings (SSSR count). The minimum absolute atomic E-state index is 0.0556. The summed E-state index contributed by atoms with van der Waals surface area (Å²) in [5.74, 6) is 0.617. The molecule has 6 nitrogen and oxygen atoms in total. The Labute approximate surface area is 152 Å². The number of aromatic nitrogens is 2. The maximum Gasteiger partial charge on any atom is 0.272 e. The lowest BCUT2D eigenvalue weighted by molar-refractivity contribution is 0.0740. The van der Waals surface area contributed by atoms with Crippen LogP contribution in [0.1, 0.15) is 24.3 Å². The molecule has 1 aromatic carbocycles. The van der Waals surface area contributed by atoms with Gasteiger partial charge in [-0.15, -0.1) is 0 Å². The van der Waals surface area contributed by atoms with Crippen LogP contribution in [-0.4, -0.2) is 53.0 Å². The molecule has 0 saturated carbocycles. The van der Waals surface area contributed by atoms with Crippen LogP contribution >= 0.6 is 11.6 Å². The maximum absolute atomic E-state index is 12.7. The fourth-order valence-electron chi connectivity index (χ4n) is 2.85. The smallest absolute Gasteiger partial charge is 0.272 e. The first-order chi connectivity index (χ1) is 12.0. The Kier molecular flexibility index (Phi) is 5.38. The molecule has 132 valence electrons. The van der Waals surface area contributed by atoms with Crippen molar-refractivity contribution < 1.29 is 4.79 Å². The van der Waals surface area contributed by atoms with E-state index in [1.165, 1.54) is 6.33 Å². The molecule has 1 fully saturated rings. The molecule has 25 heavy (non-hydrogen) atoms. The van der Waals surface area contributed by atoms with Crippen LogP contribution < -0.4 is 10.2 Å². The van der Waals surface area contributed by atoms with Gasteiger partial charge in [-0.2, -0.15) is 0 Å². The van der Waals surface area contributed by atoms with E-state index in [-0.39, 0.29) is 11.9 Å². The third-order valence-electron chi connectivity index (χ3n) is 4.06. The molecule has 1 saturated heterocycles. The number of amides is 1. The fourth-order valence-corrected chi connectivity index (χ4v) is 3.04. The molecule has 0 radical (unpaired) electrons. The van der Waals surface area contributed by atoms with Gasteiger partial charge in [0, 0.05) is 49.0 Å². The predicted molar refractivity (Wildman–Crippen MR) is 100 cm³/mol. The molecule has 1 aromatic heterocycles. The zero-order chi connectivity index (χ0) is 17.8. The number of nitrogens with one attached hydrogen (secondary N) is 1. The summed E-state index contributed by atoms with van der Waals surface area (Å²) in [6, 6.07) is 9.76. The maximum atomic E-state index is 12.7. The number of piperazine rings is 1. The quantitative estimate of drug-likeness (QED) is 0.909. The van der Waals surface area contributed by atoms with Crippen LogP contribution in [0.4, 0.5) is 11.5 Å². The molecule has 0 spiro atoms. The van der Waals surface area contributed by atoms with Gasteiger partial charge in [-0.3, -0.25) is 4.79 Å². The number of nitrogens with zero attached hydrogens (tertiary/aromatic N) is 4. The van der Waals surface area contributed by atoms with Gasteiger partial charge in [0.25, 0.3) is 5.91 Å². The first kappa shape index (κ1) is 17.5. The highest BCUT2D eigenvalue weighted by Gasteiger charge is 2.23. The van der Waals surface area contributed by atoms with E-state index >= 15 is 0 Å². The largest absolute Gasteiger partial charge is 0.368 e. The zero-order valence-electron chi connectivity index (χ0n) is 14.4. The lowest BCUT2D eigenvalue weighted by Gasteiger charge is -2.36. The highest BCUT2D eigenvalue weighted by atomic mass is 35.5. The molecular weight excluding hydrogens is 338 g/mol. The summed E-state index contributed by atoms with van der Waals surface area (Å²) in [6.45, 7) is 6.91. The van der Waals surface area contributed by atoms with Crippen LogP contribution in [0, 0.1) is 0 Å². The summed E-state index contributed by atoms with van der Waals surface area (Å²) in [4.78, 5) is 25.1. The normalized spacial score (nSPS) is 14.7. The molecule has 2 heterocycles. The Morgan fingerprint density at radius 2 is 1.92 bits per heavy atom. The average Bonchev–Trinajstić information content (AvgIpc) is 2.61. The third-order valence-corrected chi connectivity index (χ3v) is 4.30. The molecule has 7 heteroatoms. The Morgan fingerprint density at radius 3 is 2.60 bits per heavy atom. The van der Waals surface area contributed by atoms with Crippen LogP contribution in [0.5, 0.6) is 0 Å². The minimum atomic E-state index is -0.0556. The number of rotatable bonds is 4. The number of carbonyl (C=O) groups is 1. The summed E-state index contributed by atoms with van der Waals surface area (Å²) >= 11 is 6.06. The van der Waals surface area contributed by atoms with Gasteiger partial charge in [-0.25, -0.2) is 9.97 Å². The Hall–Kier alpha value is -2.34. The van der Waals surface area contributed by atoms with E-state index in [2.05, 4.69) is 20.2 Å². The summed E-state index contributed by atoms with van der Waals surface area (Å²) in [6.07, 6.45) is 1.43. The van der Waals surface area contributed by atoms with E-state index in [9.17, 15) is 4.79 Å².